The summed E-state index contributed by atoms with van der Waals surface area (Å²) < 4.78 is 16.3. The number of carbonyl (C=O) groups excluding carboxylic acids is 1. The van der Waals surface area contributed by atoms with E-state index in [2.05, 4.69) is 10.3 Å². The first-order valence-corrected chi connectivity index (χ1v) is 7.61. The minimum Gasteiger partial charge on any atom is -0.493 e. The number of ether oxygens (including phenoxy) is 3. The van der Waals surface area contributed by atoms with E-state index < -0.39 is 0 Å². The molecule has 1 saturated heterocycles. The number of methoxy groups -OCH3 is 3. The molecule has 2 rings (SSSR count). The Bertz CT molecular complexity index is 542. The molecule has 1 aromatic carbocycles. The Morgan fingerprint density at radius 1 is 1.04 bits per heavy atom. The first-order valence-electron chi connectivity index (χ1n) is 7.61. The fourth-order valence-corrected chi connectivity index (χ4v) is 2.77. The molecule has 0 saturated carbocycles. The third-order valence-electron chi connectivity index (χ3n) is 3.87. The van der Waals surface area contributed by atoms with E-state index in [-0.39, 0.29) is 5.91 Å². The summed E-state index contributed by atoms with van der Waals surface area (Å²) >= 11 is 0. The van der Waals surface area contributed by atoms with Gasteiger partial charge in [-0.1, -0.05) is 6.07 Å². The zero-order chi connectivity index (χ0) is 16.8. The molecule has 0 aromatic heterocycles. The molecule has 0 unspecified atom stereocenters. The van der Waals surface area contributed by atoms with Gasteiger partial charge in [-0.3, -0.25) is 15.1 Å². The van der Waals surface area contributed by atoms with Gasteiger partial charge in [0, 0.05) is 45.2 Å². The molecule has 7 heteroatoms. The zero-order valence-corrected chi connectivity index (χ0v) is 14.2. The van der Waals surface area contributed by atoms with Gasteiger partial charge in [0.2, 0.25) is 11.7 Å². The quantitative estimate of drug-likeness (QED) is 0.838. The predicted octanol–water partition coefficient (Wildman–Crippen LogP) is 0.881. The first kappa shape index (κ1) is 17.4. The maximum atomic E-state index is 11.1. The molecule has 0 radical (unpaired) electrons. The van der Waals surface area contributed by atoms with Crippen LogP contribution in [0.3, 0.4) is 0 Å². The molecular weight excluding hydrogens is 298 g/mol. The second-order valence-electron chi connectivity index (χ2n) is 5.42. The fourth-order valence-electron chi connectivity index (χ4n) is 2.77. The number of nitrogens with one attached hydrogen (secondary N) is 1. The van der Waals surface area contributed by atoms with Gasteiger partial charge in [0.05, 0.1) is 21.3 Å². The van der Waals surface area contributed by atoms with E-state index in [1.54, 1.807) is 21.3 Å². The minimum atomic E-state index is -0.0278. The van der Waals surface area contributed by atoms with Crippen molar-refractivity contribution >= 4 is 5.91 Å². The number of hydrogen-bond donors (Lipinski definition) is 1. The highest BCUT2D eigenvalue weighted by Crippen LogP contribution is 2.40. The van der Waals surface area contributed by atoms with Gasteiger partial charge in [-0.25, -0.2) is 5.01 Å². The van der Waals surface area contributed by atoms with Gasteiger partial charge in [0.15, 0.2) is 11.5 Å². The average molecular weight is 323 g/mol. The van der Waals surface area contributed by atoms with Gasteiger partial charge in [0.1, 0.15) is 0 Å². The van der Waals surface area contributed by atoms with Crippen molar-refractivity contribution in [2.45, 2.75) is 13.5 Å². The molecule has 7 nitrogen and oxygen atoms in total. The van der Waals surface area contributed by atoms with Gasteiger partial charge in [-0.2, -0.15) is 0 Å². The van der Waals surface area contributed by atoms with Crippen LogP contribution in [0.2, 0.25) is 0 Å². The molecule has 1 heterocycles. The van der Waals surface area contributed by atoms with Crippen LogP contribution >= 0.6 is 0 Å². The van der Waals surface area contributed by atoms with Crippen molar-refractivity contribution in [3.63, 3.8) is 0 Å². The summed E-state index contributed by atoms with van der Waals surface area (Å²) in [7, 11) is 4.85. The molecule has 23 heavy (non-hydrogen) atoms. The number of hydrogen-bond acceptors (Lipinski definition) is 6. The van der Waals surface area contributed by atoms with E-state index in [0.29, 0.717) is 17.2 Å². The molecule has 128 valence electrons. The number of amides is 1. The number of benzene rings is 1. The van der Waals surface area contributed by atoms with E-state index in [1.807, 2.05) is 17.1 Å². The van der Waals surface area contributed by atoms with E-state index in [9.17, 15) is 4.79 Å². The number of hydrazine groups is 1. The van der Waals surface area contributed by atoms with Crippen molar-refractivity contribution in [2.75, 3.05) is 47.5 Å². The molecule has 0 spiro atoms. The lowest BCUT2D eigenvalue weighted by Gasteiger charge is -2.34. The Morgan fingerprint density at radius 2 is 1.70 bits per heavy atom. The van der Waals surface area contributed by atoms with E-state index in [1.165, 1.54) is 6.92 Å². The smallest absolute Gasteiger partial charge is 0.231 e. The van der Waals surface area contributed by atoms with Crippen LogP contribution in [0.15, 0.2) is 12.1 Å². The van der Waals surface area contributed by atoms with E-state index >= 15 is 0 Å². The summed E-state index contributed by atoms with van der Waals surface area (Å²) in [6.07, 6.45) is 0. The van der Waals surface area contributed by atoms with Gasteiger partial charge in [-0.05, 0) is 6.07 Å². The number of rotatable bonds is 6. The summed E-state index contributed by atoms with van der Waals surface area (Å²) in [5, 5.41) is 1.95. The molecule has 1 N–H and O–H groups in total. The van der Waals surface area contributed by atoms with Crippen molar-refractivity contribution in [3.8, 4) is 17.2 Å². The third kappa shape index (κ3) is 4.27. The fraction of sp³-hybridized carbons (Fsp3) is 0.562. The first-order chi connectivity index (χ1) is 11.1. The maximum Gasteiger partial charge on any atom is 0.231 e. The van der Waals surface area contributed by atoms with Gasteiger partial charge in [-0.15, -0.1) is 0 Å². The van der Waals surface area contributed by atoms with Crippen LogP contribution in [0.5, 0.6) is 17.2 Å². The molecule has 0 atom stereocenters. The largest absolute Gasteiger partial charge is 0.493 e. The van der Waals surface area contributed by atoms with Crippen molar-refractivity contribution in [3.05, 3.63) is 17.7 Å². The number of carbonyl (C=O) groups is 1. The Labute approximate surface area is 137 Å². The molecule has 1 aliphatic heterocycles. The third-order valence-corrected chi connectivity index (χ3v) is 3.87. The average Bonchev–Trinajstić information content (AvgIpc) is 2.55. The monoisotopic (exact) mass is 323 g/mol. The highest BCUT2D eigenvalue weighted by molar-refractivity contribution is 5.72. The second-order valence-corrected chi connectivity index (χ2v) is 5.42. The second kappa shape index (κ2) is 8.03. The van der Waals surface area contributed by atoms with Gasteiger partial charge >= 0.3 is 0 Å². The van der Waals surface area contributed by atoms with Crippen molar-refractivity contribution in [1.82, 2.24) is 15.3 Å². The zero-order valence-electron chi connectivity index (χ0n) is 14.2. The van der Waals surface area contributed by atoms with Crippen molar-refractivity contribution in [2.24, 2.45) is 0 Å². The molecule has 0 bridgehead atoms. The number of nitrogens with zero attached hydrogens (tertiary/aromatic N) is 2. The SMILES string of the molecule is COc1ccc(CN2CCN(NC(C)=O)CC2)c(OC)c1OC. The minimum absolute atomic E-state index is 0.0278. The standard InChI is InChI=1S/C16H25N3O4/c1-12(20)17-19-9-7-18(8-10-19)11-13-5-6-14(21-2)16(23-4)15(13)22-3/h5-6H,7-11H2,1-4H3,(H,17,20). The lowest BCUT2D eigenvalue weighted by atomic mass is 10.1. The van der Waals surface area contributed by atoms with Gasteiger partial charge < -0.3 is 14.2 Å². The lowest BCUT2D eigenvalue weighted by molar-refractivity contribution is -0.124. The van der Waals surface area contributed by atoms with Crippen LogP contribution in [-0.4, -0.2) is 63.3 Å². The molecule has 1 amide bonds. The van der Waals surface area contributed by atoms with Gasteiger partial charge in [0.25, 0.3) is 0 Å². The molecule has 1 aromatic rings. The topological polar surface area (TPSA) is 63.3 Å². The van der Waals surface area contributed by atoms with Crippen molar-refractivity contribution in [1.29, 1.82) is 0 Å². The van der Waals surface area contributed by atoms with Crippen LogP contribution in [0, 0.1) is 0 Å². The van der Waals surface area contributed by atoms with Crippen LogP contribution in [-0.2, 0) is 11.3 Å². The highest BCUT2D eigenvalue weighted by atomic mass is 16.5. The summed E-state index contributed by atoms with van der Waals surface area (Å²) in [6, 6.07) is 3.89. The Balaban J connectivity index is 2.05. The van der Waals surface area contributed by atoms with Crippen LogP contribution in [0.4, 0.5) is 0 Å². The van der Waals surface area contributed by atoms with Crippen molar-refractivity contribution < 1.29 is 19.0 Å². The summed E-state index contributed by atoms with van der Waals surface area (Å²) in [4.78, 5) is 13.4. The Morgan fingerprint density at radius 3 is 2.22 bits per heavy atom. The van der Waals surface area contributed by atoms with Crippen LogP contribution in [0.25, 0.3) is 0 Å². The molecular formula is C16H25N3O4. The van der Waals surface area contributed by atoms with E-state index in [4.69, 9.17) is 14.2 Å². The number of piperazine rings is 1. The Hall–Kier alpha value is -1.99. The summed E-state index contributed by atoms with van der Waals surface area (Å²) in [6.45, 7) is 5.64. The molecule has 1 fully saturated rings. The summed E-state index contributed by atoms with van der Waals surface area (Å²) in [5.74, 6) is 1.95. The van der Waals surface area contributed by atoms with Crippen LogP contribution in [0.1, 0.15) is 12.5 Å². The normalized spacial score (nSPS) is 16.0. The maximum absolute atomic E-state index is 11.1. The lowest BCUT2D eigenvalue weighted by Crippen LogP contribution is -2.52. The van der Waals surface area contributed by atoms with E-state index in [0.717, 1.165) is 38.3 Å². The summed E-state index contributed by atoms with van der Waals surface area (Å²) in [5.41, 5.74) is 3.88. The predicted molar refractivity (Wildman–Crippen MR) is 86.8 cm³/mol. The molecule has 1 aliphatic rings. The Kier molecular flexibility index (Phi) is 6.06. The molecule has 0 aliphatic carbocycles. The highest BCUT2D eigenvalue weighted by Gasteiger charge is 2.21. The van der Waals surface area contributed by atoms with Crippen LogP contribution < -0.4 is 19.6 Å².